The summed E-state index contributed by atoms with van der Waals surface area (Å²) in [5, 5.41) is 10.1. The van der Waals surface area contributed by atoms with Gasteiger partial charge in [-0.3, -0.25) is 0 Å². The smallest absolute Gasteiger partial charge is 0.344 e. The second kappa shape index (κ2) is 7.95. The zero-order chi connectivity index (χ0) is 23.4. The molecule has 4 nitrogen and oxygen atoms in total. The van der Waals surface area contributed by atoms with Crippen molar-refractivity contribution in [1.29, 1.82) is 0 Å². The van der Waals surface area contributed by atoms with Crippen molar-refractivity contribution in [2.45, 2.75) is 32.4 Å². The first kappa shape index (κ1) is 22.4. The van der Waals surface area contributed by atoms with E-state index in [4.69, 9.17) is 23.0 Å². The van der Waals surface area contributed by atoms with Crippen LogP contribution in [0.15, 0.2) is 52.0 Å². The molecule has 0 bridgehead atoms. The van der Waals surface area contributed by atoms with E-state index in [2.05, 4.69) is 5.92 Å². The molecule has 0 amide bonds. The third-order valence-corrected chi connectivity index (χ3v) is 7.06. The molecule has 2 heterocycles. The lowest BCUT2D eigenvalue weighted by Crippen LogP contribution is -2.36. The van der Waals surface area contributed by atoms with E-state index in [0.717, 1.165) is 11.8 Å². The van der Waals surface area contributed by atoms with Crippen molar-refractivity contribution in [3.63, 3.8) is 0 Å². The molecular formula is C24H19ClF2N2O2S. The monoisotopic (exact) mass is 472 g/mol. The SMILES string of the molecule is C#Cc1ccc(C2(C)N=C3SC(C(=O)O)=C(C(C)C)N3C2c2ccc(Cl)c(F)c2)c(F)c1. The van der Waals surface area contributed by atoms with Crippen LogP contribution in [0.1, 0.15) is 43.5 Å². The number of carbonyl (C=O) groups is 1. The number of amidine groups is 1. The number of rotatable bonds is 4. The fraction of sp³-hybridized carbons (Fsp3) is 0.250. The molecule has 0 saturated heterocycles. The molecule has 2 unspecified atom stereocenters. The molecule has 2 aliphatic heterocycles. The summed E-state index contributed by atoms with van der Waals surface area (Å²) in [7, 11) is 0. The molecule has 4 rings (SSSR count). The molecule has 1 N–H and O–H groups in total. The summed E-state index contributed by atoms with van der Waals surface area (Å²) < 4.78 is 29.7. The highest BCUT2D eigenvalue weighted by Crippen LogP contribution is 2.56. The second-order valence-corrected chi connectivity index (χ2v) is 9.49. The Labute approximate surface area is 194 Å². The average Bonchev–Trinajstić information content (AvgIpc) is 3.22. The minimum Gasteiger partial charge on any atom is -0.477 e. The number of benzene rings is 2. The quantitative estimate of drug-likeness (QED) is 0.560. The normalized spacial score (nSPS) is 22.2. The third-order valence-electron chi connectivity index (χ3n) is 5.69. The van der Waals surface area contributed by atoms with Crippen LogP contribution in [0, 0.1) is 29.9 Å². The van der Waals surface area contributed by atoms with Crippen molar-refractivity contribution in [3.8, 4) is 12.3 Å². The zero-order valence-electron chi connectivity index (χ0n) is 17.5. The minimum absolute atomic E-state index is 0.0409. The van der Waals surface area contributed by atoms with Crippen molar-refractivity contribution < 1.29 is 18.7 Å². The number of aliphatic imine (C=N–C) groups is 1. The van der Waals surface area contributed by atoms with E-state index in [1.165, 1.54) is 18.2 Å². The summed E-state index contributed by atoms with van der Waals surface area (Å²) in [6.07, 6.45) is 5.40. The average molecular weight is 473 g/mol. The van der Waals surface area contributed by atoms with Gasteiger partial charge in [0.2, 0.25) is 0 Å². The molecule has 164 valence electrons. The zero-order valence-corrected chi connectivity index (χ0v) is 19.1. The molecule has 2 aromatic carbocycles. The number of terminal acetylenes is 1. The van der Waals surface area contributed by atoms with Gasteiger partial charge in [0.15, 0.2) is 5.17 Å². The highest BCUT2D eigenvalue weighted by Gasteiger charge is 2.54. The maximum atomic E-state index is 15.2. The Hall–Kier alpha value is -2.82. The van der Waals surface area contributed by atoms with Crippen LogP contribution in [0.25, 0.3) is 0 Å². The first-order valence-electron chi connectivity index (χ1n) is 9.84. The standard InChI is InChI=1S/C24H19ClF2N2O2S/c1-5-13-6-8-15(17(26)10-13)24(4)21(14-7-9-16(25)18(27)11-14)29-19(12(2)3)20(22(30)31)32-23(29)28-24/h1,6-12,21H,2-4H3,(H,30,31). The van der Waals surface area contributed by atoms with E-state index in [9.17, 15) is 14.3 Å². The Morgan fingerprint density at radius 1 is 1.28 bits per heavy atom. The molecule has 8 heteroatoms. The lowest BCUT2D eigenvalue weighted by molar-refractivity contribution is -0.131. The van der Waals surface area contributed by atoms with Crippen molar-refractivity contribution in [2.24, 2.45) is 10.9 Å². The number of allylic oxidation sites excluding steroid dienone is 1. The number of halogens is 3. The van der Waals surface area contributed by atoms with E-state index < -0.39 is 29.2 Å². The fourth-order valence-electron chi connectivity index (χ4n) is 4.32. The van der Waals surface area contributed by atoms with Crippen LogP contribution >= 0.6 is 23.4 Å². The van der Waals surface area contributed by atoms with Crippen LogP contribution in [-0.4, -0.2) is 21.1 Å². The van der Waals surface area contributed by atoms with Gasteiger partial charge in [-0.1, -0.05) is 43.5 Å². The molecule has 0 spiro atoms. The molecular weight excluding hydrogens is 454 g/mol. The fourth-order valence-corrected chi connectivity index (χ4v) is 5.68. The van der Waals surface area contributed by atoms with Gasteiger partial charge in [-0.2, -0.15) is 0 Å². The second-order valence-electron chi connectivity index (χ2n) is 8.10. The van der Waals surface area contributed by atoms with Gasteiger partial charge >= 0.3 is 5.97 Å². The van der Waals surface area contributed by atoms with Gasteiger partial charge in [-0.05, 0) is 54.4 Å². The van der Waals surface area contributed by atoms with E-state index in [1.54, 1.807) is 30.0 Å². The first-order chi connectivity index (χ1) is 15.1. The van der Waals surface area contributed by atoms with Crippen LogP contribution in [0.3, 0.4) is 0 Å². The molecule has 2 atom stereocenters. The predicted octanol–water partition coefficient (Wildman–Crippen LogP) is 5.93. The van der Waals surface area contributed by atoms with Crippen LogP contribution in [0.5, 0.6) is 0 Å². The number of fused-ring (bicyclic) bond motifs is 1. The van der Waals surface area contributed by atoms with Gasteiger partial charge in [0.25, 0.3) is 0 Å². The van der Waals surface area contributed by atoms with Crippen LogP contribution in [0.2, 0.25) is 5.02 Å². The largest absolute Gasteiger partial charge is 0.477 e. The summed E-state index contributed by atoms with van der Waals surface area (Å²) in [4.78, 5) is 18.7. The summed E-state index contributed by atoms with van der Waals surface area (Å²) in [6.45, 7) is 5.50. The van der Waals surface area contributed by atoms with Crippen molar-refractivity contribution >= 4 is 34.5 Å². The van der Waals surface area contributed by atoms with E-state index in [-0.39, 0.29) is 21.4 Å². The van der Waals surface area contributed by atoms with Gasteiger partial charge in [-0.15, -0.1) is 6.42 Å². The van der Waals surface area contributed by atoms with Gasteiger partial charge in [0, 0.05) is 16.8 Å². The topological polar surface area (TPSA) is 52.9 Å². The Bertz CT molecular complexity index is 1250. The lowest BCUT2D eigenvalue weighted by Gasteiger charge is -2.37. The molecule has 0 saturated carbocycles. The maximum Gasteiger partial charge on any atom is 0.344 e. The molecule has 0 fully saturated rings. The van der Waals surface area contributed by atoms with E-state index in [1.807, 2.05) is 13.8 Å². The van der Waals surface area contributed by atoms with Gasteiger partial charge in [0.1, 0.15) is 22.1 Å². The molecule has 0 aromatic heterocycles. The molecule has 2 aliphatic rings. The highest BCUT2D eigenvalue weighted by atomic mass is 35.5. The van der Waals surface area contributed by atoms with Gasteiger partial charge in [0.05, 0.1) is 11.1 Å². The van der Waals surface area contributed by atoms with Crippen LogP contribution in [0.4, 0.5) is 8.78 Å². The van der Waals surface area contributed by atoms with Crippen molar-refractivity contribution in [2.75, 3.05) is 0 Å². The number of thioether (sulfide) groups is 1. The number of aliphatic carboxylic acids is 1. The molecule has 32 heavy (non-hydrogen) atoms. The number of hydrogen-bond donors (Lipinski definition) is 1. The summed E-state index contributed by atoms with van der Waals surface area (Å²) in [5.41, 5.74) is 0.536. The molecule has 2 aromatic rings. The third kappa shape index (κ3) is 3.39. The number of hydrogen-bond acceptors (Lipinski definition) is 4. The maximum absolute atomic E-state index is 15.2. The number of nitrogens with zero attached hydrogens (tertiary/aromatic N) is 2. The number of carboxylic acids is 1. The Kier molecular flexibility index (Phi) is 5.56. The Morgan fingerprint density at radius 2 is 2.00 bits per heavy atom. The van der Waals surface area contributed by atoms with E-state index >= 15 is 4.39 Å². The Balaban J connectivity index is 1.97. The predicted molar refractivity (Wildman–Crippen MR) is 122 cm³/mol. The minimum atomic E-state index is -1.18. The van der Waals surface area contributed by atoms with Crippen molar-refractivity contribution in [1.82, 2.24) is 4.90 Å². The van der Waals surface area contributed by atoms with Gasteiger partial charge in [-0.25, -0.2) is 18.6 Å². The highest BCUT2D eigenvalue weighted by molar-refractivity contribution is 8.18. The number of carboxylic acid groups (broad SMARTS) is 1. The lowest BCUT2D eigenvalue weighted by atomic mass is 9.80. The summed E-state index contributed by atoms with van der Waals surface area (Å²) >= 11 is 6.93. The van der Waals surface area contributed by atoms with Crippen LogP contribution < -0.4 is 0 Å². The van der Waals surface area contributed by atoms with Crippen LogP contribution in [-0.2, 0) is 10.3 Å². The molecule has 0 aliphatic carbocycles. The summed E-state index contributed by atoms with van der Waals surface area (Å²) in [6, 6.07) is 8.15. The van der Waals surface area contributed by atoms with Crippen molar-refractivity contribution in [3.05, 3.63) is 80.3 Å². The summed E-state index contributed by atoms with van der Waals surface area (Å²) in [5.74, 6) is 0.0140. The Morgan fingerprint density at radius 3 is 2.56 bits per heavy atom. The molecule has 0 radical (unpaired) electrons. The van der Waals surface area contributed by atoms with E-state index in [0.29, 0.717) is 22.0 Å². The van der Waals surface area contributed by atoms with Gasteiger partial charge < -0.3 is 10.0 Å². The first-order valence-corrected chi connectivity index (χ1v) is 11.0.